The van der Waals surface area contributed by atoms with E-state index >= 15 is 0 Å². The van der Waals surface area contributed by atoms with Gasteiger partial charge in [-0.15, -0.1) is 0 Å². The minimum Gasteiger partial charge on any atom is -0.366 e. The van der Waals surface area contributed by atoms with Crippen LogP contribution >= 0.6 is 0 Å². The minimum atomic E-state index is -0.431. The highest BCUT2D eigenvalue weighted by Gasteiger charge is 2.24. The maximum atomic E-state index is 11.4. The Balaban J connectivity index is 2.23. The summed E-state index contributed by atoms with van der Waals surface area (Å²) in [6, 6.07) is 5.44. The SMILES string of the molecule is NC(=O)c1cccc2c1N1CC=NC=C1N=C2. The Kier molecular flexibility index (Phi) is 2.04. The fourth-order valence-corrected chi connectivity index (χ4v) is 2.02. The summed E-state index contributed by atoms with van der Waals surface area (Å²) in [6.45, 7) is 0.598. The molecule has 0 saturated carbocycles. The van der Waals surface area contributed by atoms with E-state index in [2.05, 4.69) is 9.98 Å². The lowest BCUT2D eigenvalue weighted by Gasteiger charge is -2.30. The van der Waals surface area contributed by atoms with Crippen LogP contribution in [0.15, 0.2) is 40.2 Å². The van der Waals surface area contributed by atoms with E-state index in [1.54, 1.807) is 30.8 Å². The smallest absolute Gasteiger partial charge is 0.250 e. The highest BCUT2D eigenvalue weighted by atomic mass is 16.1. The number of hydrogen-bond donors (Lipinski definition) is 1. The molecule has 2 aliphatic rings. The molecular weight excluding hydrogens is 216 g/mol. The number of carbonyl (C=O) groups is 1. The van der Waals surface area contributed by atoms with E-state index in [-0.39, 0.29) is 0 Å². The number of amides is 1. The lowest BCUT2D eigenvalue weighted by Crippen LogP contribution is -2.31. The predicted molar refractivity (Wildman–Crippen MR) is 66.5 cm³/mol. The second-order valence-electron chi connectivity index (χ2n) is 3.80. The lowest BCUT2D eigenvalue weighted by atomic mass is 10.0. The van der Waals surface area contributed by atoms with E-state index in [0.29, 0.717) is 12.1 Å². The molecule has 0 aromatic heterocycles. The molecule has 1 aromatic rings. The van der Waals surface area contributed by atoms with Crippen molar-refractivity contribution >= 4 is 24.0 Å². The predicted octanol–water partition coefficient (Wildman–Crippen LogP) is 0.908. The van der Waals surface area contributed by atoms with Gasteiger partial charge in [-0.3, -0.25) is 9.79 Å². The van der Waals surface area contributed by atoms with Crippen LogP contribution in [0.2, 0.25) is 0 Å². The summed E-state index contributed by atoms with van der Waals surface area (Å²) in [6.07, 6.45) is 5.16. The Bertz CT molecular complexity index is 586. The van der Waals surface area contributed by atoms with Crippen molar-refractivity contribution in [1.29, 1.82) is 0 Å². The Hall–Kier alpha value is -2.43. The highest BCUT2D eigenvalue weighted by molar-refractivity contribution is 6.05. The molecule has 2 aliphatic heterocycles. The van der Waals surface area contributed by atoms with E-state index in [1.165, 1.54) is 0 Å². The van der Waals surface area contributed by atoms with Gasteiger partial charge in [-0.25, -0.2) is 4.99 Å². The van der Waals surface area contributed by atoms with Crippen molar-refractivity contribution in [3.8, 4) is 0 Å². The molecule has 0 atom stereocenters. The van der Waals surface area contributed by atoms with Gasteiger partial charge < -0.3 is 10.6 Å². The third-order valence-corrected chi connectivity index (χ3v) is 2.77. The molecule has 17 heavy (non-hydrogen) atoms. The van der Waals surface area contributed by atoms with E-state index in [0.717, 1.165) is 17.1 Å². The number of anilines is 1. The molecule has 0 fully saturated rings. The van der Waals surface area contributed by atoms with Crippen LogP contribution in [0, 0.1) is 0 Å². The van der Waals surface area contributed by atoms with Gasteiger partial charge in [0.25, 0.3) is 5.91 Å². The summed E-state index contributed by atoms with van der Waals surface area (Å²) >= 11 is 0. The first-order valence-corrected chi connectivity index (χ1v) is 5.23. The van der Waals surface area contributed by atoms with Crippen molar-refractivity contribution in [3.63, 3.8) is 0 Å². The first kappa shape index (κ1) is 9.77. The van der Waals surface area contributed by atoms with Crippen molar-refractivity contribution in [2.45, 2.75) is 0 Å². The van der Waals surface area contributed by atoms with Crippen LogP contribution in [0.5, 0.6) is 0 Å². The van der Waals surface area contributed by atoms with Gasteiger partial charge in [-0.05, 0) is 6.07 Å². The number of hydrogen-bond acceptors (Lipinski definition) is 4. The summed E-state index contributed by atoms with van der Waals surface area (Å²) in [7, 11) is 0. The Morgan fingerprint density at radius 2 is 2.29 bits per heavy atom. The minimum absolute atomic E-state index is 0.431. The molecule has 2 heterocycles. The van der Waals surface area contributed by atoms with E-state index in [4.69, 9.17) is 5.73 Å². The van der Waals surface area contributed by atoms with Crippen LogP contribution in [-0.4, -0.2) is 24.9 Å². The van der Waals surface area contributed by atoms with Crippen LogP contribution in [0.25, 0.3) is 0 Å². The van der Waals surface area contributed by atoms with E-state index < -0.39 is 5.91 Å². The monoisotopic (exact) mass is 226 g/mol. The number of nitrogens with two attached hydrogens (primary N) is 1. The van der Waals surface area contributed by atoms with Crippen molar-refractivity contribution in [2.24, 2.45) is 15.7 Å². The van der Waals surface area contributed by atoms with Gasteiger partial charge in [0.1, 0.15) is 0 Å². The van der Waals surface area contributed by atoms with Crippen molar-refractivity contribution < 1.29 is 4.79 Å². The maximum absolute atomic E-state index is 11.4. The Labute approximate surface area is 98.0 Å². The third-order valence-electron chi connectivity index (χ3n) is 2.77. The Morgan fingerprint density at radius 3 is 3.12 bits per heavy atom. The molecule has 0 unspecified atom stereocenters. The number of aliphatic imine (C=N–C) groups is 2. The van der Waals surface area contributed by atoms with Crippen molar-refractivity contribution in [1.82, 2.24) is 0 Å². The first-order valence-electron chi connectivity index (χ1n) is 5.23. The highest BCUT2D eigenvalue weighted by Crippen LogP contribution is 2.31. The summed E-state index contributed by atoms with van der Waals surface area (Å²) in [5, 5.41) is 0. The van der Waals surface area contributed by atoms with Crippen LogP contribution in [-0.2, 0) is 0 Å². The summed E-state index contributed by atoms with van der Waals surface area (Å²) in [5.41, 5.74) is 7.61. The zero-order valence-electron chi connectivity index (χ0n) is 9.00. The topological polar surface area (TPSA) is 71.1 Å². The summed E-state index contributed by atoms with van der Waals surface area (Å²) in [4.78, 5) is 21.7. The number of nitrogens with zero attached hydrogens (tertiary/aromatic N) is 3. The van der Waals surface area contributed by atoms with Gasteiger partial charge in [-0.1, -0.05) is 12.1 Å². The quantitative estimate of drug-likeness (QED) is 0.773. The van der Waals surface area contributed by atoms with E-state index in [9.17, 15) is 4.79 Å². The molecule has 1 amide bonds. The van der Waals surface area contributed by atoms with Gasteiger partial charge in [0.2, 0.25) is 0 Å². The van der Waals surface area contributed by atoms with Gasteiger partial charge >= 0.3 is 0 Å². The molecule has 84 valence electrons. The number of rotatable bonds is 1. The third kappa shape index (κ3) is 1.44. The largest absolute Gasteiger partial charge is 0.366 e. The van der Waals surface area contributed by atoms with Crippen LogP contribution < -0.4 is 10.6 Å². The summed E-state index contributed by atoms with van der Waals surface area (Å²) < 4.78 is 0. The molecule has 0 saturated heterocycles. The van der Waals surface area contributed by atoms with E-state index in [1.807, 2.05) is 11.0 Å². The molecule has 3 rings (SSSR count). The van der Waals surface area contributed by atoms with Gasteiger partial charge in [0, 0.05) is 18.0 Å². The number of para-hydroxylation sites is 1. The second kappa shape index (κ2) is 3.55. The summed E-state index contributed by atoms with van der Waals surface area (Å²) in [5.74, 6) is 0.299. The van der Waals surface area contributed by atoms with Crippen LogP contribution in [0.4, 0.5) is 5.69 Å². The molecule has 0 bridgehead atoms. The number of benzene rings is 1. The first-order chi connectivity index (χ1) is 8.27. The standard InChI is InChI=1S/C12H10N4O/c13-12(17)9-3-1-2-8-6-15-10-7-14-4-5-16(10)11(8)9/h1-4,6-7H,5H2,(H2,13,17). The molecule has 5 heteroatoms. The van der Waals surface area contributed by atoms with Gasteiger partial charge in [-0.2, -0.15) is 0 Å². The lowest BCUT2D eigenvalue weighted by molar-refractivity contribution is 0.100. The van der Waals surface area contributed by atoms with Crippen LogP contribution in [0.1, 0.15) is 15.9 Å². The molecule has 5 nitrogen and oxygen atoms in total. The molecule has 0 radical (unpaired) electrons. The number of fused-ring (bicyclic) bond motifs is 3. The number of carbonyl (C=O) groups excluding carboxylic acids is 1. The van der Waals surface area contributed by atoms with Gasteiger partial charge in [0.05, 0.1) is 24.0 Å². The number of primary amides is 1. The molecule has 2 N–H and O–H groups in total. The average molecular weight is 226 g/mol. The fourth-order valence-electron chi connectivity index (χ4n) is 2.02. The average Bonchev–Trinajstić information content (AvgIpc) is 2.37. The molecule has 0 spiro atoms. The zero-order valence-corrected chi connectivity index (χ0v) is 9.00. The van der Waals surface area contributed by atoms with Gasteiger partial charge in [0.15, 0.2) is 5.82 Å². The Morgan fingerprint density at radius 1 is 1.41 bits per heavy atom. The zero-order chi connectivity index (χ0) is 11.8. The van der Waals surface area contributed by atoms with Crippen molar-refractivity contribution in [3.05, 3.63) is 41.3 Å². The molecule has 1 aromatic carbocycles. The molecule has 0 aliphatic carbocycles. The fraction of sp³-hybridized carbons (Fsp3) is 0.0833. The van der Waals surface area contributed by atoms with Crippen LogP contribution in [0.3, 0.4) is 0 Å². The maximum Gasteiger partial charge on any atom is 0.250 e. The van der Waals surface area contributed by atoms with Crippen molar-refractivity contribution in [2.75, 3.05) is 11.4 Å². The second-order valence-corrected chi connectivity index (χ2v) is 3.80. The molecular formula is C12H10N4O. The normalized spacial score (nSPS) is 16.2.